The molecule has 1 N–H and O–H groups in total. The summed E-state index contributed by atoms with van der Waals surface area (Å²) in [5, 5.41) is 2.90. The number of ether oxygens (including phenoxy) is 1. The molecule has 2 rings (SSSR count). The summed E-state index contributed by atoms with van der Waals surface area (Å²) in [6.45, 7) is 6.39. The third-order valence-electron chi connectivity index (χ3n) is 4.44. The maximum Gasteiger partial charge on any atom is 0.232 e. The molecule has 0 aromatic heterocycles. The molecule has 0 saturated carbocycles. The van der Waals surface area contributed by atoms with Gasteiger partial charge >= 0.3 is 0 Å². The quantitative estimate of drug-likeness (QED) is 0.641. The summed E-state index contributed by atoms with van der Waals surface area (Å²) < 4.78 is 31.4. The highest BCUT2D eigenvalue weighted by Gasteiger charge is 2.18. The van der Waals surface area contributed by atoms with E-state index >= 15 is 0 Å². The number of nitrogens with one attached hydrogen (secondary N) is 1. The molecule has 0 bridgehead atoms. The second-order valence-electron chi connectivity index (χ2n) is 7.32. The SMILES string of the molecule is Cc1cccc(N(CCCC(=O)N[C@H](C)COc2ccccc2C)S(C)(=O)=O)c1. The van der Waals surface area contributed by atoms with Crippen LogP contribution in [0.1, 0.15) is 30.9 Å². The molecule has 1 amide bonds. The number of sulfonamides is 1. The van der Waals surface area contributed by atoms with Crippen molar-refractivity contribution in [2.45, 2.75) is 39.7 Å². The number of hydrogen-bond acceptors (Lipinski definition) is 4. The summed E-state index contributed by atoms with van der Waals surface area (Å²) in [7, 11) is -3.42. The molecule has 0 spiro atoms. The second kappa shape index (κ2) is 10.3. The number of carbonyl (C=O) groups excluding carboxylic acids is 1. The number of rotatable bonds is 10. The first-order valence-corrected chi connectivity index (χ1v) is 11.5. The molecule has 0 aliphatic rings. The number of benzene rings is 2. The van der Waals surface area contributed by atoms with Crippen molar-refractivity contribution >= 4 is 21.6 Å². The average Bonchev–Trinajstić information content (AvgIpc) is 2.63. The Morgan fingerprint density at radius 1 is 1.14 bits per heavy atom. The van der Waals surface area contributed by atoms with Crippen LogP contribution in [0.5, 0.6) is 5.75 Å². The fourth-order valence-electron chi connectivity index (χ4n) is 2.97. The molecule has 6 nitrogen and oxygen atoms in total. The average molecular weight is 419 g/mol. The molecular weight excluding hydrogens is 388 g/mol. The van der Waals surface area contributed by atoms with Gasteiger partial charge in [-0.2, -0.15) is 0 Å². The van der Waals surface area contributed by atoms with Crippen molar-refractivity contribution in [2.75, 3.05) is 23.7 Å². The van der Waals surface area contributed by atoms with Gasteiger partial charge in [0.25, 0.3) is 0 Å². The normalized spacial score (nSPS) is 12.3. The topological polar surface area (TPSA) is 75.7 Å². The number of anilines is 1. The number of amides is 1. The maximum atomic E-state index is 12.2. The maximum absolute atomic E-state index is 12.2. The molecule has 0 aliphatic carbocycles. The van der Waals surface area contributed by atoms with Gasteiger partial charge in [-0.25, -0.2) is 8.42 Å². The largest absolute Gasteiger partial charge is 0.491 e. The zero-order chi connectivity index (χ0) is 21.4. The molecule has 0 heterocycles. The van der Waals surface area contributed by atoms with E-state index in [-0.39, 0.29) is 24.9 Å². The van der Waals surface area contributed by atoms with Crippen LogP contribution in [0.15, 0.2) is 48.5 Å². The Bertz CT molecular complexity index is 928. The van der Waals surface area contributed by atoms with Crippen LogP contribution in [0, 0.1) is 13.8 Å². The Hall–Kier alpha value is -2.54. The second-order valence-corrected chi connectivity index (χ2v) is 9.23. The van der Waals surface area contributed by atoms with E-state index in [2.05, 4.69) is 5.32 Å². The molecule has 0 saturated heterocycles. The van der Waals surface area contributed by atoms with Crippen LogP contribution in [0.4, 0.5) is 5.69 Å². The Kier molecular flexibility index (Phi) is 8.08. The lowest BCUT2D eigenvalue weighted by atomic mass is 10.2. The van der Waals surface area contributed by atoms with Crippen LogP contribution in [0.3, 0.4) is 0 Å². The monoisotopic (exact) mass is 418 g/mol. The summed E-state index contributed by atoms with van der Waals surface area (Å²) in [5.41, 5.74) is 2.65. The molecular formula is C22H30N2O4S. The van der Waals surface area contributed by atoms with E-state index in [0.717, 1.165) is 16.9 Å². The first-order chi connectivity index (χ1) is 13.7. The minimum atomic E-state index is -3.42. The van der Waals surface area contributed by atoms with Crippen molar-refractivity contribution in [1.29, 1.82) is 0 Å². The van der Waals surface area contributed by atoms with E-state index < -0.39 is 10.0 Å². The number of aryl methyl sites for hydroxylation is 2. The van der Waals surface area contributed by atoms with Gasteiger partial charge in [-0.05, 0) is 56.5 Å². The molecule has 0 radical (unpaired) electrons. The van der Waals surface area contributed by atoms with Crippen molar-refractivity contribution < 1.29 is 17.9 Å². The minimum Gasteiger partial charge on any atom is -0.491 e. The van der Waals surface area contributed by atoms with Crippen LogP contribution < -0.4 is 14.4 Å². The lowest BCUT2D eigenvalue weighted by Gasteiger charge is -2.23. The highest BCUT2D eigenvalue weighted by atomic mass is 32.2. The Morgan fingerprint density at radius 2 is 1.86 bits per heavy atom. The minimum absolute atomic E-state index is 0.122. The van der Waals surface area contributed by atoms with Gasteiger partial charge in [0.15, 0.2) is 0 Å². The Morgan fingerprint density at radius 3 is 2.52 bits per heavy atom. The summed E-state index contributed by atoms with van der Waals surface area (Å²) in [5.74, 6) is 0.680. The highest BCUT2D eigenvalue weighted by Crippen LogP contribution is 2.19. The van der Waals surface area contributed by atoms with Crippen molar-refractivity contribution in [3.8, 4) is 5.75 Å². The number of hydrogen-bond donors (Lipinski definition) is 1. The van der Waals surface area contributed by atoms with E-state index in [1.165, 1.54) is 10.6 Å². The van der Waals surface area contributed by atoms with Gasteiger partial charge < -0.3 is 10.1 Å². The van der Waals surface area contributed by atoms with Crippen LogP contribution in [-0.2, 0) is 14.8 Å². The molecule has 0 fully saturated rings. The van der Waals surface area contributed by atoms with Crippen molar-refractivity contribution in [2.24, 2.45) is 0 Å². The number of para-hydroxylation sites is 1. The molecule has 2 aromatic rings. The van der Waals surface area contributed by atoms with Crippen molar-refractivity contribution in [3.05, 3.63) is 59.7 Å². The first kappa shape index (κ1) is 22.7. The van der Waals surface area contributed by atoms with E-state index in [0.29, 0.717) is 18.7 Å². The standard InChI is InChI=1S/C22H30N2O4S/c1-17-9-7-11-20(15-17)24(29(4,26)27)14-8-13-22(25)23-19(3)16-28-21-12-6-5-10-18(21)2/h5-7,9-12,15,19H,8,13-14,16H2,1-4H3,(H,23,25)/t19-/m1/s1. The van der Waals surface area contributed by atoms with Gasteiger partial charge in [-0.1, -0.05) is 30.3 Å². The fraction of sp³-hybridized carbons (Fsp3) is 0.409. The van der Waals surface area contributed by atoms with Gasteiger partial charge in [0, 0.05) is 13.0 Å². The summed E-state index contributed by atoms with van der Waals surface area (Å²) in [6.07, 6.45) is 1.85. The lowest BCUT2D eigenvalue weighted by Crippen LogP contribution is -2.37. The van der Waals surface area contributed by atoms with E-state index in [9.17, 15) is 13.2 Å². The van der Waals surface area contributed by atoms with Gasteiger partial charge in [0.1, 0.15) is 12.4 Å². The van der Waals surface area contributed by atoms with Crippen LogP contribution in [0.25, 0.3) is 0 Å². The summed E-state index contributed by atoms with van der Waals surface area (Å²) in [4.78, 5) is 12.2. The molecule has 0 aliphatic heterocycles. The fourth-order valence-corrected chi connectivity index (χ4v) is 3.93. The molecule has 7 heteroatoms. The molecule has 158 valence electrons. The molecule has 1 atom stereocenters. The first-order valence-electron chi connectivity index (χ1n) is 9.69. The Balaban J connectivity index is 1.82. The molecule has 0 unspecified atom stereocenters. The molecule has 2 aromatic carbocycles. The summed E-state index contributed by atoms with van der Waals surface area (Å²) >= 11 is 0. The predicted molar refractivity (Wildman–Crippen MR) is 117 cm³/mol. The van der Waals surface area contributed by atoms with Gasteiger partial charge in [-0.15, -0.1) is 0 Å². The smallest absolute Gasteiger partial charge is 0.232 e. The molecule has 29 heavy (non-hydrogen) atoms. The van der Waals surface area contributed by atoms with E-state index in [4.69, 9.17) is 4.74 Å². The van der Waals surface area contributed by atoms with Crippen molar-refractivity contribution in [1.82, 2.24) is 5.32 Å². The van der Waals surface area contributed by atoms with Gasteiger partial charge in [-0.3, -0.25) is 9.10 Å². The highest BCUT2D eigenvalue weighted by molar-refractivity contribution is 7.92. The van der Waals surface area contributed by atoms with Gasteiger partial charge in [0.2, 0.25) is 15.9 Å². The number of carbonyl (C=O) groups is 1. The van der Waals surface area contributed by atoms with Crippen molar-refractivity contribution in [3.63, 3.8) is 0 Å². The zero-order valence-corrected chi connectivity index (χ0v) is 18.3. The van der Waals surface area contributed by atoms with Crippen LogP contribution >= 0.6 is 0 Å². The zero-order valence-electron chi connectivity index (χ0n) is 17.5. The third-order valence-corrected chi connectivity index (χ3v) is 5.64. The van der Waals surface area contributed by atoms with Crippen LogP contribution in [-0.4, -0.2) is 39.8 Å². The number of nitrogens with zero attached hydrogens (tertiary/aromatic N) is 1. The summed E-state index contributed by atoms with van der Waals surface area (Å²) in [6, 6.07) is 14.9. The Labute approximate surface area is 173 Å². The van der Waals surface area contributed by atoms with E-state index in [1.807, 2.05) is 63.2 Å². The van der Waals surface area contributed by atoms with Gasteiger partial charge in [0.05, 0.1) is 18.0 Å². The van der Waals surface area contributed by atoms with Crippen LogP contribution in [0.2, 0.25) is 0 Å². The predicted octanol–water partition coefficient (Wildman–Crippen LogP) is 3.43. The lowest BCUT2D eigenvalue weighted by molar-refractivity contribution is -0.121. The third kappa shape index (κ3) is 7.42. The van der Waals surface area contributed by atoms with E-state index in [1.54, 1.807) is 6.07 Å².